The summed E-state index contributed by atoms with van der Waals surface area (Å²) in [4.78, 5) is 18.8. The molecule has 1 aliphatic rings. The minimum Gasteiger partial charge on any atom is -0.494 e. The SMILES string of the molecule is CCOc1ccc(C(=O)N2CCCC2c2nc(C)no2)cc1. The van der Waals surface area contributed by atoms with Crippen LogP contribution in [0.1, 0.15) is 47.9 Å². The number of aromatic nitrogens is 2. The van der Waals surface area contributed by atoms with E-state index in [4.69, 9.17) is 9.26 Å². The lowest BCUT2D eigenvalue weighted by Crippen LogP contribution is -2.30. The van der Waals surface area contributed by atoms with Crippen molar-refractivity contribution in [2.75, 3.05) is 13.2 Å². The predicted molar refractivity (Wildman–Crippen MR) is 79.7 cm³/mol. The number of ether oxygens (including phenoxy) is 1. The molecule has 6 heteroatoms. The lowest BCUT2D eigenvalue weighted by atomic mass is 10.1. The van der Waals surface area contributed by atoms with Crippen molar-refractivity contribution in [1.82, 2.24) is 15.0 Å². The van der Waals surface area contributed by atoms with Crippen LogP contribution in [0, 0.1) is 6.92 Å². The molecular formula is C16H19N3O3. The first kappa shape index (κ1) is 14.6. The smallest absolute Gasteiger partial charge is 0.254 e. The Kier molecular flexibility index (Phi) is 4.09. The molecule has 2 aromatic rings. The van der Waals surface area contributed by atoms with Gasteiger partial charge in [-0.1, -0.05) is 5.16 Å². The zero-order valence-electron chi connectivity index (χ0n) is 12.8. The van der Waals surface area contributed by atoms with Crippen molar-refractivity contribution in [2.24, 2.45) is 0 Å². The average Bonchev–Trinajstić information content (AvgIpc) is 3.16. The molecule has 0 aliphatic carbocycles. The lowest BCUT2D eigenvalue weighted by molar-refractivity contribution is 0.0710. The van der Waals surface area contributed by atoms with E-state index >= 15 is 0 Å². The zero-order valence-corrected chi connectivity index (χ0v) is 12.8. The van der Waals surface area contributed by atoms with Gasteiger partial charge in [-0.2, -0.15) is 4.98 Å². The van der Waals surface area contributed by atoms with E-state index in [1.54, 1.807) is 19.1 Å². The Balaban J connectivity index is 1.78. The molecule has 1 atom stereocenters. The topological polar surface area (TPSA) is 68.5 Å². The molecule has 0 spiro atoms. The number of hydrogen-bond acceptors (Lipinski definition) is 5. The summed E-state index contributed by atoms with van der Waals surface area (Å²) in [5.41, 5.74) is 0.645. The van der Waals surface area contributed by atoms with Crippen LogP contribution in [0.3, 0.4) is 0 Å². The molecule has 1 fully saturated rings. The number of hydrogen-bond donors (Lipinski definition) is 0. The van der Waals surface area contributed by atoms with E-state index in [-0.39, 0.29) is 11.9 Å². The van der Waals surface area contributed by atoms with Gasteiger partial charge >= 0.3 is 0 Å². The van der Waals surface area contributed by atoms with Crippen molar-refractivity contribution < 1.29 is 14.1 Å². The molecule has 0 saturated carbocycles. The van der Waals surface area contributed by atoms with Crippen LogP contribution >= 0.6 is 0 Å². The van der Waals surface area contributed by atoms with Crippen LogP contribution in [-0.2, 0) is 0 Å². The molecule has 0 N–H and O–H groups in total. The van der Waals surface area contributed by atoms with Crippen molar-refractivity contribution in [2.45, 2.75) is 32.7 Å². The summed E-state index contributed by atoms with van der Waals surface area (Å²) in [6.45, 7) is 5.02. The number of carbonyl (C=O) groups excluding carboxylic acids is 1. The van der Waals surface area contributed by atoms with Crippen LogP contribution in [0.25, 0.3) is 0 Å². The number of nitrogens with zero attached hydrogens (tertiary/aromatic N) is 3. The highest BCUT2D eigenvalue weighted by Crippen LogP contribution is 2.32. The van der Waals surface area contributed by atoms with Crippen LogP contribution in [0.15, 0.2) is 28.8 Å². The molecule has 2 heterocycles. The van der Waals surface area contributed by atoms with Gasteiger partial charge in [0.25, 0.3) is 5.91 Å². The van der Waals surface area contributed by atoms with E-state index in [9.17, 15) is 4.79 Å². The largest absolute Gasteiger partial charge is 0.494 e. The summed E-state index contributed by atoms with van der Waals surface area (Å²) < 4.78 is 10.6. The Bertz CT molecular complexity index is 651. The normalized spacial score (nSPS) is 17.7. The van der Waals surface area contributed by atoms with Crippen LogP contribution < -0.4 is 4.74 Å². The van der Waals surface area contributed by atoms with Gasteiger partial charge < -0.3 is 14.2 Å². The highest BCUT2D eigenvalue weighted by atomic mass is 16.5. The van der Waals surface area contributed by atoms with Gasteiger partial charge in [-0.25, -0.2) is 0 Å². The zero-order chi connectivity index (χ0) is 15.5. The molecule has 6 nitrogen and oxygen atoms in total. The maximum Gasteiger partial charge on any atom is 0.254 e. The first-order valence-corrected chi connectivity index (χ1v) is 7.53. The molecule has 1 saturated heterocycles. The molecule has 1 aromatic carbocycles. The standard InChI is InChI=1S/C16H19N3O3/c1-3-21-13-8-6-12(7-9-13)16(20)19-10-4-5-14(19)15-17-11(2)18-22-15/h6-9,14H,3-5,10H2,1-2H3. The quantitative estimate of drug-likeness (QED) is 0.868. The summed E-state index contributed by atoms with van der Waals surface area (Å²) in [6, 6.07) is 7.10. The fourth-order valence-corrected chi connectivity index (χ4v) is 2.74. The second-order valence-electron chi connectivity index (χ2n) is 5.29. The Hall–Kier alpha value is -2.37. The lowest BCUT2D eigenvalue weighted by Gasteiger charge is -2.22. The predicted octanol–water partition coefficient (Wildman–Crippen LogP) is 2.75. The van der Waals surface area contributed by atoms with Gasteiger partial charge in [-0.05, 0) is 51.0 Å². The minimum absolute atomic E-state index is 0.0126. The first-order chi connectivity index (χ1) is 10.7. The van der Waals surface area contributed by atoms with Crippen molar-refractivity contribution in [1.29, 1.82) is 0 Å². The second-order valence-corrected chi connectivity index (χ2v) is 5.29. The average molecular weight is 301 g/mol. The van der Waals surface area contributed by atoms with Gasteiger partial charge in [0.05, 0.1) is 6.61 Å². The minimum atomic E-state index is -0.125. The summed E-state index contributed by atoms with van der Waals surface area (Å²) in [7, 11) is 0. The summed E-state index contributed by atoms with van der Waals surface area (Å²) in [5.74, 6) is 1.87. The fourth-order valence-electron chi connectivity index (χ4n) is 2.74. The van der Waals surface area contributed by atoms with Crippen molar-refractivity contribution in [3.63, 3.8) is 0 Å². The third-order valence-electron chi connectivity index (χ3n) is 3.75. The van der Waals surface area contributed by atoms with Gasteiger partial charge in [-0.3, -0.25) is 4.79 Å². The van der Waals surface area contributed by atoms with Crippen LogP contribution in [0.2, 0.25) is 0 Å². The van der Waals surface area contributed by atoms with E-state index in [1.807, 2.05) is 24.0 Å². The van der Waals surface area contributed by atoms with E-state index in [0.717, 1.165) is 18.6 Å². The second kappa shape index (κ2) is 6.17. The Morgan fingerprint density at radius 2 is 2.18 bits per heavy atom. The third-order valence-corrected chi connectivity index (χ3v) is 3.75. The van der Waals surface area contributed by atoms with Crippen molar-refractivity contribution >= 4 is 5.91 Å². The Labute approximate surface area is 129 Å². The highest BCUT2D eigenvalue weighted by molar-refractivity contribution is 5.94. The van der Waals surface area contributed by atoms with Crippen LogP contribution in [0.5, 0.6) is 5.75 Å². The van der Waals surface area contributed by atoms with E-state index in [1.165, 1.54) is 0 Å². The summed E-state index contributed by atoms with van der Waals surface area (Å²) >= 11 is 0. The molecule has 1 amide bonds. The molecular weight excluding hydrogens is 282 g/mol. The van der Waals surface area contributed by atoms with E-state index < -0.39 is 0 Å². The third kappa shape index (κ3) is 2.81. The van der Waals surface area contributed by atoms with Gasteiger partial charge in [0.1, 0.15) is 11.8 Å². The summed E-state index contributed by atoms with van der Waals surface area (Å²) in [6.07, 6.45) is 1.79. The molecule has 0 bridgehead atoms. The number of benzene rings is 1. The molecule has 3 rings (SSSR count). The fraction of sp³-hybridized carbons (Fsp3) is 0.438. The Morgan fingerprint density at radius 1 is 1.41 bits per heavy atom. The van der Waals surface area contributed by atoms with Gasteiger partial charge in [0, 0.05) is 12.1 Å². The van der Waals surface area contributed by atoms with Crippen molar-refractivity contribution in [3.8, 4) is 5.75 Å². The maximum atomic E-state index is 12.7. The van der Waals surface area contributed by atoms with Gasteiger partial charge in [-0.15, -0.1) is 0 Å². The van der Waals surface area contributed by atoms with Crippen LogP contribution in [0.4, 0.5) is 0 Å². The summed E-state index contributed by atoms with van der Waals surface area (Å²) in [5, 5.41) is 3.82. The van der Waals surface area contributed by atoms with Gasteiger partial charge in [0.15, 0.2) is 5.82 Å². The molecule has 0 radical (unpaired) electrons. The van der Waals surface area contributed by atoms with Crippen molar-refractivity contribution in [3.05, 3.63) is 41.5 Å². The number of aryl methyl sites for hydroxylation is 1. The molecule has 1 unspecified atom stereocenters. The number of likely N-dealkylation sites (tertiary alicyclic amines) is 1. The van der Waals surface area contributed by atoms with Crippen LogP contribution in [-0.4, -0.2) is 34.1 Å². The van der Waals surface area contributed by atoms with E-state index in [0.29, 0.717) is 30.4 Å². The highest BCUT2D eigenvalue weighted by Gasteiger charge is 2.34. The first-order valence-electron chi connectivity index (χ1n) is 7.53. The molecule has 116 valence electrons. The maximum absolute atomic E-state index is 12.7. The number of rotatable bonds is 4. The van der Waals surface area contributed by atoms with E-state index in [2.05, 4.69) is 10.1 Å². The molecule has 1 aromatic heterocycles. The number of amides is 1. The monoisotopic (exact) mass is 301 g/mol. The Morgan fingerprint density at radius 3 is 2.82 bits per heavy atom. The molecule has 22 heavy (non-hydrogen) atoms. The number of carbonyl (C=O) groups is 1. The van der Waals surface area contributed by atoms with Gasteiger partial charge in [0.2, 0.25) is 5.89 Å². The molecule has 1 aliphatic heterocycles.